The van der Waals surface area contributed by atoms with Crippen LogP contribution in [0.25, 0.3) is 0 Å². The van der Waals surface area contributed by atoms with Crippen LogP contribution < -0.4 is 0 Å². The van der Waals surface area contributed by atoms with E-state index in [4.69, 9.17) is 18.9 Å². The van der Waals surface area contributed by atoms with Gasteiger partial charge in [0, 0.05) is 20.2 Å². The van der Waals surface area contributed by atoms with Gasteiger partial charge in [0.05, 0.1) is 18.6 Å². The van der Waals surface area contributed by atoms with E-state index in [0.717, 1.165) is 45.3 Å². The van der Waals surface area contributed by atoms with Crippen LogP contribution in [-0.2, 0) is 18.9 Å². The fraction of sp³-hybridized carbons (Fsp3) is 0.857. The summed E-state index contributed by atoms with van der Waals surface area (Å²) in [7, 11) is 3.88. The van der Waals surface area contributed by atoms with E-state index < -0.39 is 0 Å². The predicted molar refractivity (Wildman–Crippen MR) is 108 cm³/mol. The third kappa shape index (κ3) is 3.50. The summed E-state index contributed by atoms with van der Waals surface area (Å²) >= 11 is 0. The van der Waals surface area contributed by atoms with Crippen molar-refractivity contribution in [1.29, 1.82) is 0 Å². The van der Waals surface area contributed by atoms with Gasteiger partial charge in [-0.2, -0.15) is 0 Å². The van der Waals surface area contributed by atoms with Crippen molar-refractivity contribution in [3.8, 4) is 0 Å². The highest BCUT2D eigenvalue weighted by molar-refractivity contribution is 6.08. The lowest BCUT2D eigenvalue weighted by molar-refractivity contribution is -0.124. The molecule has 6 atom stereocenters. The molecule has 3 heterocycles. The molecule has 3 saturated heterocycles. The van der Waals surface area contributed by atoms with Crippen LogP contribution in [0.4, 0.5) is 4.79 Å². The maximum atomic E-state index is 12.6. The maximum Gasteiger partial charge on any atom is 0.410 e. The van der Waals surface area contributed by atoms with E-state index in [1.54, 1.807) is 12.0 Å². The van der Waals surface area contributed by atoms with Crippen molar-refractivity contribution in [2.45, 2.75) is 75.9 Å². The van der Waals surface area contributed by atoms with Crippen molar-refractivity contribution in [3.63, 3.8) is 0 Å². The predicted octanol–water partition coefficient (Wildman–Crippen LogP) is 2.18. The minimum atomic E-state index is -0.293. The number of likely N-dealkylation sites (tertiary alicyclic amines) is 1. The molecule has 4 aliphatic rings. The minimum Gasteiger partial charge on any atom is -0.443 e. The molecule has 4 fully saturated rings. The highest BCUT2D eigenvalue weighted by Gasteiger charge is 2.72. The zero-order chi connectivity index (χ0) is 20.1. The normalized spacial score (nSPS) is 42.1. The standard InChI is InChI=1S/C21H34BNO5/c1-13(2)5-6-16-20(3,28-16)18-17(25-4)15(7-8-21(18)12-26-21)27-19(24)23-10-14(9-22)11-23/h5,14-18H,6-12,22H2,1-4H3/t15-,16?,17-,18?,20?,21?/m1/s1. The Morgan fingerprint density at radius 3 is 2.64 bits per heavy atom. The quantitative estimate of drug-likeness (QED) is 0.395. The number of carbonyl (C=O) groups excluding carboxylic acids is 1. The molecule has 3 aliphatic heterocycles. The van der Waals surface area contributed by atoms with E-state index in [1.807, 2.05) is 0 Å². The van der Waals surface area contributed by atoms with Crippen LogP contribution in [0.2, 0.25) is 6.32 Å². The Morgan fingerprint density at radius 1 is 1.36 bits per heavy atom. The van der Waals surface area contributed by atoms with Crippen LogP contribution in [0.5, 0.6) is 0 Å². The van der Waals surface area contributed by atoms with Gasteiger partial charge in [-0.25, -0.2) is 4.79 Å². The van der Waals surface area contributed by atoms with Gasteiger partial charge in [-0.3, -0.25) is 0 Å². The highest BCUT2D eigenvalue weighted by atomic mass is 16.6. The molecule has 0 aromatic heterocycles. The van der Waals surface area contributed by atoms with Crippen molar-refractivity contribution in [1.82, 2.24) is 4.90 Å². The second-order valence-corrected chi connectivity index (χ2v) is 9.48. The summed E-state index contributed by atoms with van der Waals surface area (Å²) in [6.07, 6.45) is 5.42. The molecule has 6 nitrogen and oxygen atoms in total. The average Bonchev–Trinajstić information content (AvgIpc) is 3.51. The number of carbonyl (C=O) groups is 1. The number of allylic oxidation sites excluding steroid dienone is 1. The molecule has 1 aliphatic carbocycles. The molecule has 0 N–H and O–H groups in total. The third-order valence-electron chi connectivity index (χ3n) is 7.28. The summed E-state index contributed by atoms with van der Waals surface area (Å²) in [5.74, 6) is 0.689. The smallest absolute Gasteiger partial charge is 0.410 e. The van der Waals surface area contributed by atoms with E-state index in [-0.39, 0.29) is 41.5 Å². The number of ether oxygens (including phenoxy) is 4. The first-order valence-electron chi connectivity index (χ1n) is 10.8. The van der Waals surface area contributed by atoms with Gasteiger partial charge in [-0.1, -0.05) is 18.0 Å². The average molecular weight is 391 g/mol. The molecule has 1 saturated carbocycles. The summed E-state index contributed by atoms with van der Waals surface area (Å²) in [6, 6.07) is 0. The number of epoxide rings is 2. The summed E-state index contributed by atoms with van der Waals surface area (Å²) in [4.78, 5) is 14.4. The first kappa shape index (κ1) is 20.2. The van der Waals surface area contributed by atoms with E-state index >= 15 is 0 Å². The van der Waals surface area contributed by atoms with Gasteiger partial charge in [0.2, 0.25) is 0 Å². The molecule has 156 valence electrons. The number of methoxy groups -OCH3 is 1. The summed E-state index contributed by atoms with van der Waals surface area (Å²) in [5.41, 5.74) is 0.828. The molecule has 4 rings (SSSR count). The molecule has 0 bridgehead atoms. The fourth-order valence-corrected chi connectivity index (χ4v) is 5.25. The van der Waals surface area contributed by atoms with E-state index in [0.29, 0.717) is 5.92 Å². The molecule has 28 heavy (non-hydrogen) atoms. The highest BCUT2D eigenvalue weighted by Crippen LogP contribution is 2.59. The Labute approximate surface area is 169 Å². The Balaban J connectivity index is 1.45. The Kier molecular flexibility index (Phi) is 5.30. The van der Waals surface area contributed by atoms with Crippen LogP contribution in [-0.4, -0.2) is 75.2 Å². The topological polar surface area (TPSA) is 63.8 Å². The lowest BCUT2D eigenvalue weighted by atomic mass is 9.68. The van der Waals surface area contributed by atoms with Crippen molar-refractivity contribution >= 4 is 13.9 Å². The SMILES string of the molecule is BCC1CN(C(=O)O[C@@H]2CCC3(CO3)C(C3(C)OC3CC=C(C)C)[C@@H]2OC)C1. The number of rotatable bonds is 6. The van der Waals surface area contributed by atoms with Gasteiger partial charge < -0.3 is 23.8 Å². The lowest BCUT2D eigenvalue weighted by Crippen LogP contribution is -2.57. The largest absolute Gasteiger partial charge is 0.443 e. The molecular weight excluding hydrogens is 357 g/mol. The Bertz CT molecular complexity index is 641. The summed E-state index contributed by atoms with van der Waals surface area (Å²) in [6.45, 7) is 8.75. The van der Waals surface area contributed by atoms with Crippen molar-refractivity contribution in [2.24, 2.45) is 11.8 Å². The fourth-order valence-electron chi connectivity index (χ4n) is 5.25. The van der Waals surface area contributed by atoms with Crippen LogP contribution in [0, 0.1) is 11.8 Å². The van der Waals surface area contributed by atoms with Gasteiger partial charge in [0.25, 0.3) is 0 Å². The monoisotopic (exact) mass is 391 g/mol. The van der Waals surface area contributed by atoms with Crippen molar-refractivity contribution in [3.05, 3.63) is 11.6 Å². The number of hydrogen-bond donors (Lipinski definition) is 0. The van der Waals surface area contributed by atoms with Gasteiger partial charge in [0.1, 0.15) is 31.3 Å². The summed E-state index contributed by atoms with van der Waals surface area (Å²) < 4.78 is 24.0. The maximum absolute atomic E-state index is 12.6. The van der Waals surface area contributed by atoms with Gasteiger partial charge in [-0.15, -0.1) is 0 Å². The first-order valence-corrected chi connectivity index (χ1v) is 10.8. The molecule has 0 radical (unpaired) electrons. The molecular formula is C21H34BNO5. The first-order chi connectivity index (χ1) is 13.3. The molecule has 7 heteroatoms. The summed E-state index contributed by atoms with van der Waals surface area (Å²) in [5, 5.41) is 0. The number of nitrogens with zero attached hydrogens (tertiary/aromatic N) is 1. The molecule has 0 aromatic carbocycles. The third-order valence-corrected chi connectivity index (χ3v) is 7.28. The van der Waals surface area contributed by atoms with Gasteiger partial charge in [0.15, 0.2) is 0 Å². The van der Waals surface area contributed by atoms with E-state index in [2.05, 4.69) is 34.7 Å². The lowest BCUT2D eigenvalue weighted by Gasteiger charge is -2.44. The Morgan fingerprint density at radius 2 is 2.07 bits per heavy atom. The van der Waals surface area contributed by atoms with Crippen molar-refractivity contribution in [2.75, 3.05) is 26.8 Å². The zero-order valence-corrected chi connectivity index (χ0v) is 17.9. The van der Waals surface area contributed by atoms with Crippen LogP contribution in [0.3, 0.4) is 0 Å². The second-order valence-electron chi connectivity index (χ2n) is 9.48. The van der Waals surface area contributed by atoms with Crippen LogP contribution >= 0.6 is 0 Å². The van der Waals surface area contributed by atoms with Gasteiger partial charge in [-0.05, 0) is 46.0 Å². The molecule has 4 unspecified atom stereocenters. The molecule has 0 aromatic rings. The zero-order valence-electron chi connectivity index (χ0n) is 17.9. The minimum absolute atomic E-state index is 0.0758. The van der Waals surface area contributed by atoms with Gasteiger partial charge >= 0.3 is 6.09 Å². The van der Waals surface area contributed by atoms with Crippen molar-refractivity contribution < 1.29 is 23.7 Å². The Hall–Kier alpha value is -1.05. The van der Waals surface area contributed by atoms with Crippen LogP contribution in [0.1, 0.15) is 40.0 Å². The van der Waals surface area contributed by atoms with Crippen LogP contribution in [0.15, 0.2) is 11.6 Å². The van der Waals surface area contributed by atoms with E-state index in [1.165, 1.54) is 5.57 Å². The number of hydrogen-bond acceptors (Lipinski definition) is 5. The number of amides is 1. The molecule has 1 spiro atoms. The van der Waals surface area contributed by atoms with E-state index in [9.17, 15) is 4.79 Å². The second kappa shape index (κ2) is 7.33. The molecule has 1 amide bonds.